The first-order valence-electron chi connectivity index (χ1n) is 10.8. The van der Waals surface area contributed by atoms with Gasteiger partial charge in [0.1, 0.15) is 17.3 Å². The van der Waals surface area contributed by atoms with E-state index in [0.717, 1.165) is 23.3 Å². The lowest BCUT2D eigenvalue weighted by atomic mass is 10.1. The molecule has 0 bridgehead atoms. The maximum absolute atomic E-state index is 13.3. The van der Waals surface area contributed by atoms with E-state index in [1.807, 2.05) is 56.3 Å². The molecule has 1 aromatic heterocycles. The zero-order valence-corrected chi connectivity index (χ0v) is 18.6. The lowest BCUT2D eigenvalue weighted by Crippen LogP contribution is -2.43. The normalized spacial score (nSPS) is 10.7. The highest BCUT2D eigenvalue weighted by Crippen LogP contribution is 2.14. The molecular formula is C26H29FN2O3. The summed E-state index contributed by atoms with van der Waals surface area (Å²) in [6.07, 6.45) is 0.863. The summed E-state index contributed by atoms with van der Waals surface area (Å²) in [6.45, 7) is 5.05. The van der Waals surface area contributed by atoms with Crippen LogP contribution in [-0.2, 0) is 29.1 Å². The van der Waals surface area contributed by atoms with Crippen molar-refractivity contribution in [3.8, 4) is 0 Å². The fourth-order valence-electron chi connectivity index (χ4n) is 3.51. The molecule has 0 unspecified atom stereocenters. The standard InChI is InChI=1S/C26H29FN2O3/c1-3-15-28(25(30)16-21-10-12-23(27)13-11-21)19-26(31)29(17-22-7-5-4-6-8-22)18-24-14-9-20(2)32-24/h4-14H,3,15-19H2,1-2H3. The first-order valence-corrected chi connectivity index (χ1v) is 10.8. The lowest BCUT2D eigenvalue weighted by Gasteiger charge is -2.27. The van der Waals surface area contributed by atoms with Crippen LogP contribution in [0, 0.1) is 12.7 Å². The van der Waals surface area contributed by atoms with E-state index in [2.05, 4.69) is 0 Å². The molecule has 2 aromatic carbocycles. The average molecular weight is 437 g/mol. The van der Waals surface area contributed by atoms with Crippen LogP contribution in [0.5, 0.6) is 0 Å². The van der Waals surface area contributed by atoms with Gasteiger partial charge in [-0.1, -0.05) is 49.4 Å². The number of aryl methyl sites for hydroxylation is 1. The van der Waals surface area contributed by atoms with Crippen molar-refractivity contribution in [1.82, 2.24) is 9.80 Å². The summed E-state index contributed by atoms with van der Waals surface area (Å²) < 4.78 is 18.9. The molecule has 2 amide bonds. The Morgan fingerprint density at radius 1 is 0.844 bits per heavy atom. The largest absolute Gasteiger partial charge is 0.464 e. The van der Waals surface area contributed by atoms with Crippen molar-refractivity contribution >= 4 is 11.8 Å². The van der Waals surface area contributed by atoms with E-state index >= 15 is 0 Å². The van der Waals surface area contributed by atoms with Crippen molar-refractivity contribution in [2.45, 2.75) is 39.8 Å². The molecule has 32 heavy (non-hydrogen) atoms. The number of carbonyl (C=O) groups is 2. The van der Waals surface area contributed by atoms with E-state index in [1.165, 1.54) is 12.1 Å². The Kier molecular flexibility index (Phi) is 8.20. The fraction of sp³-hybridized carbons (Fsp3) is 0.308. The molecule has 0 N–H and O–H groups in total. The van der Waals surface area contributed by atoms with E-state index < -0.39 is 0 Å². The third-order valence-electron chi connectivity index (χ3n) is 5.15. The van der Waals surface area contributed by atoms with Gasteiger partial charge < -0.3 is 14.2 Å². The fourth-order valence-corrected chi connectivity index (χ4v) is 3.51. The van der Waals surface area contributed by atoms with E-state index in [-0.39, 0.29) is 30.6 Å². The molecule has 3 rings (SSSR count). The van der Waals surface area contributed by atoms with E-state index in [1.54, 1.807) is 21.9 Å². The first-order chi connectivity index (χ1) is 15.4. The number of halogens is 1. The Labute approximate surface area is 188 Å². The second-order valence-corrected chi connectivity index (χ2v) is 7.87. The number of benzene rings is 2. The summed E-state index contributed by atoms with van der Waals surface area (Å²) in [4.78, 5) is 29.5. The van der Waals surface area contributed by atoms with Crippen LogP contribution >= 0.6 is 0 Å². The van der Waals surface area contributed by atoms with Crippen molar-refractivity contribution < 1.29 is 18.4 Å². The molecule has 0 spiro atoms. The molecule has 0 saturated carbocycles. The van der Waals surface area contributed by atoms with Gasteiger partial charge in [0.05, 0.1) is 19.5 Å². The highest BCUT2D eigenvalue weighted by atomic mass is 19.1. The predicted molar refractivity (Wildman–Crippen MR) is 121 cm³/mol. The topological polar surface area (TPSA) is 53.8 Å². The summed E-state index contributed by atoms with van der Waals surface area (Å²) in [7, 11) is 0. The lowest BCUT2D eigenvalue weighted by molar-refractivity contribution is -0.141. The summed E-state index contributed by atoms with van der Waals surface area (Å²) in [5.74, 6) is 0.844. The first kappa shape index (κ1) is 23.3. The third-order valence-corrected chi connectivity index (χ3v) is 5.15. The molecule has 1 heterocycles. The molecule has 0 fully saturated rings. The van der Waals surface area contributed by atoms with Crippen LogP contribution in [0.2, 0.25) is 0 Å². The Morgan fingerprint density at radius 3 is 2.19 bits per heavy atom. The van der Waals surface area contributed by atoms with Crippen LogP contribution in [-0.4, -0.2) is 34.7 Å². The summed E-state index contributed by atoms with van der Waals surface area (Å²) in [5, 5.41) is 0. The Bertz CT molecular complexity index is 1020. The quantitative estimate of drug-likeness (QED) is 0.461. The second-order valence-electron chi connectivity index (χ2n) is 7.87. The Morgan fingerprint density at radius 2 is 1.56 bits per heavy atom. The van der Waals surface area contributed by atoms with Crippen LogP contribution in [0.4, 0.5) is 4.39 Å². The average Bonchev–Trinajstić information content (AvgIpc) is 3.20. The maximum Gasteiger partial charge on any atom is 0.242 e. The molecule has 6 heteroatoms. The van der Waals surface area contributed by atoms with Crippen LogP contribution < -0.4 is 0 Å². The molecule has 5 nitrogen and oxygen atoms in total. The monoisotopic (exact) mass is 436 g/mol. The Balaban J connectivity index is 1.72. The second kappa shape index (κ2) is 11.3. The number of rotatable bonds is 10. The van der Waals surface area contributed by atoms with Gasteiger partial charge >= 0.3 is 0 Å². The summed E-state index contributed by atoms with van der Waals surface area (Å²) >= 11 is 0. The minimum absolute atomic E-state index is 0.0135. The van der Waals surface area contributed by atoms with Gasteiger partial charge in [0.2, 0.25) is 11.8 Å². The van der Waals surface area contributed by atoms with Crippen molar-refractivity contribution in [2.75, 3.05) is 13.1 Å². The maximum atomic E-state index is 13.3. The van der Waals surface area contributed by atoms with Gasteiger partial charge in [-0.3, -0.25) is 9.59 Å². The third kappa shape index (κ3) is 6.80. The van der Waals surface area contributed by atoms with E-state index in [0.29, 0.717) is 25.4 Å². The highest BCUT2D eigenvalue weighted by Gasteiger charge is 2.22. The van der Waals surface area contributed by atoms with Gasteiger partial charge in [-0.25, -0.2) is 4.39 Å². The van der Waals surface area contributed by atoms with Crippen LogP contribution in [0.15, 0.2) is 71.1 Å². The van der Waals surface area contributed by atoms with Gasteiger partial charge in [-0.2, -0.15) is 0 Å². The molecule has 0 aliphatic rings. The molecule has 0 atom stereocenters. The molecule has 0 radical (unpaired) electrons. The molecule has 0 aliphatic carbocycles. The van der Waals surface area contributed by atoms with E-state index in [4.69, 9.17) is 4.42 Å². The van der Waals surface area contributed by atoms with Gasteiger partial charge in [0.25, 0.3) is 0 Å². The molecule has 3 aromatic rings. The smallest absolute Gasteiger partial charge is 0.242 e. The molecule has 0 aliphatic heterocycles. The minimum Gasteiger partial charge on any atom is -0.464 e. The van der Waals surface area contributed by atoms with Gasteiger partial charge in [-0.15, -0.1) is 0 Å². The summed E-state index contributed by atoms with van der Waals surface area (Å²) in [5.41, 5.74) is 1.72. The number of hydrogen-bond acceptors (Lipinski definition) is 3. The zero-order valence-electron chi connectivity index (χ0n) is 18.6. The molecule has 168 valence electrons. The van der Waals surface area contributed by atoms with Gasteiger partial charge in [0, 0.05) is 13.1 Å². The number of hydrogen-bond donors (Lipinski definition) is 0. The van der Waals surface area contributed by atoms with Crippen molar-refractivity contribution in [1.29, 1.82) is 0 Å². The zero-order chi connectivity index (χ0) is 22.9. The molecular weight excluding hydrogens is 407 g/mol. The number of carbonyl (C=O) groups excluding carboxylic acids is 2. The van der Waals surface area contributed by atoms with Gasteiger partial charge in [0.15, 0.2) is 0 Å². The number of amides is 2. The van der Waals surface area contributed by atoms with Gasteiger partial charge in [-0.05, 0) is 48.7 Å². The van der Waals surface area contributed by atoms with Crippen LogP contribution in [0.3, 0.4) is 0 Å². The van der Waals surface area contributed by atoms with Crippen molar-refractivity contribution in [2.24, 2.45) is 0 Å². The number of nitrogens with zero attached hydrogens (tertiary/aromatic N) is 2. The Hall–Kier alpha value is -3.41. The highest BCUT2D eigenvalue weighted by molar-refractivity contribution is 5.86. The van der Waals surface area contributed by atoms with Crippen molar-refractivity contribution in [3.05, 3.63) is 95.2 Å². The minimum atomic E-state index is -0.341. The SMILES string of the molecule is CCCN(CC(=O)N(Cc1ccccc1)Cc1ccc(C)o1)C(=O)Cc1ccc(F)cc1. The van der Waals surface area contributed by atoms with Crippen LogP contribution in [0.25, 0.3) is 0 Å². The summed E-state index contributed by atoms with van der Waals surface area (Å²) in [6, 6.07) is 19.3. The number of furan rings is 1. The predicted octanol–water partition coefficient (Wildman–Crippen LogP) is 4.74. The van der Waals surface area contributed by atoms with Crippen molar-refractivity contribution in [3.63, 3.8) is 0 Å². The van der Waals surface area contributed by atoms with E-state index in [9.17, 15) is 14.0 Å². The van der Waals surface area contributed by atoms with Crippen LogP contribution in [0.1, 0.15) is 36.0 Å². The molecule has 0 saturated heterocycles.